The quantitative estimate of drug-likeness (QED) is 0.584. The number of rotatable bonds is 8. The third kappa shape index (κ3) is 3.81. The van der Waals surface area contributed by atoms with Crippen molar-refractivity contribution >= 4 is 11.9 Å². The van der Waals surface area contributed by atoms with Crippen molar-refractivity contribution in [2.75, 3.05) is 13.2 Å². The number of carbonyl (C=O) groups is 2. The highest BCUT2D eigenvalue weighted by molar-refractivity contribution is 5.99. The van der Waals surface area contributed by atoms with Gasteiger partial charge in [-0.3, -0.25) is 9.59 Å². The fraction of sp³-hybridized carbons (Fsp3) is 0.467. The molecule has 0 amide bonds. The summed E-state index contributed by atoms with van der Waals surface area (Å²) in [5, 5.41) is 9.34. The molecule has 0 saturated carbocycles. The number of benzene rings is 1. The topological polar surface area (TPSA) is 72.8 Å². The average Bonchev–Trinajstić information content (AvgIpc) is 2.44. The summed E-state index contributed by atoms with van der Waals surface area (Å²) < 4.78 is 10.3. The van der Waals surface area contributed by atoms with E-state index in [0.717, 1.165) is 5.56 Å². The van der Waals surface area contributed by atoms with E-state index in [2.05, 4.69) is 0 Å². The maximum Gasteiger partial charge on any atom is 0.325 e. The summed E-state index contributed by atoms with van der Waals surface area (Å²) in [5.74, 6) is -1.96. The van der Waals surface area contributed by atoms with E-state index in [1.54, 1.807) is 13.8 Å². The Kier molecular flexibility index (Phi) is 6.18. The Morgan fingerprint density at radius 1 is 1.20 bits per heavy atom. The number of carbonyl (C=O) groups excluding carboxylic acids is 1. The van der Waals surface area contributed by atoms with Crippen molar-refractivity contribution in [2.45, 2.75) is 26.9 Å². The molecule has 1 unspecified atom stereocenters. The van der Waals surface area contributed by atoms with Crippen molar-refractivity contribution in [3.05, 3.63) is 35.9 Å². The molecule has 0 fully saturated rings. The van der Waals surface area contributed by atoms with E-state index < -0.39 is 17.4 Å². The standard InChI is InChI=1S/C15H20O5/c1-3-15(13(16)17,14(18)20-4-2)11-19-10-12-8-6-5-7-9-12/h5-9H,3-4,10-11H2,1-2H3,(H,16,17). The number of ether oxygens (including phenoxy) is 2. The Bertz CT molecular complexity index is 443. The summed E-state index contributed by atoms with van der Waals surface area (Å²) in [7, 11) is 0. The van der Waals surface area contributed by atoms with Gasteiger partial charge in [-0.1, -0.05) is 37.3 Å². The lowest BCUT2D eigenvalue weighted by Gasteiger charge is -2.25. The van der Waals surface area contributed by atoms with Crippen LogP contribution in [0.25, 0.3) is 0 Å². The monoisotopic (exact) mass is 280 g/mol. The van der Waals surface area contributed by atoms with Crippen LogP contribution in [0.3, 0.4) is 0 Å². The Labute approximate surface area is 118 Å². The van der Waals surface area contributed by atoms with Gasteiger partial charge in [0.05, 0.1) is 19.8 Å². The number of hydrogen-bond acceptors (Lipinski definition) is 4. The zero-order valence-electron chi connectivity index (χ0n) is 11.8. The van der Waals surface area contributed by atoms with Gasteiger partial charge in [0.15, 0.2) is 5.41 Å². The molecule has 0 aliphatic carbocycles. The number of carboxylic acids is 1. The minimum absolute atomic E-state index is 0.121. The smallest absolute Gasteiger partial charge is 0.325 e. The SMILES string of the molecule is CCOC(=O)C(CC)(COCc1ccccc1)C(=O)O. The molecule has 0 aliphatic rings. The molecule has 0 heterocycles. The predicted octanol–water partition coefficient (Wildman–Crippen LogP) is 2.25. The molecule has 1 atom stereocenters. The maximum atomic E-state index is 11.9. The van der Waals surface area contributed by atoms with E-state index in [1.807, 2.05) is 30.3 Å². The van der Waals surface area contributed by atoms with Gasteiger partial charge in [0.25, 0.3) is 0 Å². The molecule has 0 saturated heterocycles. The van der Waals surface area contributed by atoms with Gasteiger partial charge in [0.1, 0.15) is 0 Å². The molecule has 1 N–H and O–H groups in total. The van der Waals surface area contributed by atoms with Crippen LogP contribution in [0.5, 0.6) is 0 Å². The second kappa shape index (κ2) is 7.65. The van der Waals surface area contributed by atoms with Gasteiger partial charge in [0, 0.05) is 0 Å². The van der Waals surface area contributed by atoms with Gasteiger partial charge < -0.3 is 14.6 Å². The predicted molar refractivity (Wildman–Crippen MR) is 73.1 cm³/mol. The molecule has 0 radical (unpaired) electrons. The number of carboxylic acid groups (broad SMARTS) is 1. The van der Waals surface area contributed by atoms with Crippen molar-refractivity contribution in [2.24, 2.45) is 5.41 Å². The zero-order chi connectivity index (χ0) is 15.0. The first kappa shape index (κ1) is 16.2. The van der Waals surface area contributed by atoms with E-state index in [-0.39, 0.29) is 26.2 Å². The summed E-state index contributed by atoms with van der Waals surface area (Å²) in [4.78, 5) is 23.3. The second-order valence-electron chi connectivity index (χ2n) is 4.44. The van der Waals surface area contributed by atoms with Crippen molar-refractivity contribution in [1.29, 1.82) is 0 Å². The lowest BCUT2D eigenvalue weighted by atomic mass is 9.86. The molecular formula is C15H20O5. The number of aliphatic carboxylic acids is 1. The Morgan fingerprint density at radius 3 is 2.35 bits per heavy atom. The number of hydrogen-bond donors (Lipinski definition) is 1. The van der Waals surface area contributed by atoms with Crippen LogP contribution < -0.4 is 0 Å². The van der Waals surface area contributed by atoms with Gasteiger partial charge in [-0.2, -0.15) is 0 Å². The van der Waals surface area contributed by atoms with E-state index in [1.165, 1.54) is 0 Å². The van der Waals surface area contributed by atoms with Crippen molar-refractivity contribution in [3.63, 3.8) is 0 Å². The highest BCUT2D eigenvalue weighted by Gasteiger charge is 2.46. The van der Waals surface area contributed by atoms with Crippen LogP contribution in [0.2, 0.25) is 0 Å². The van der Waals surface area contributed by atoms with Crippen LogP contribution in [0.15, 0.2) is 30.3 Å². The molecule has 20 heavy (non-hydrogen) atoms. The first-order valence-corrected chi connectivity index (χ1v) is 6.59. The molecular weight excluding hydrogens is 260 g/mol. The van der Waals surface area contributed by atoms with Crippen LogP contribution in [0.4, 0.5) is 0 Å². The molecule has 110 valence electrons. The molecule has 1 aromatic rings. The van der Waals surface area contributed by atoms with Gasteiger partial charge in [-0.05, 0) is 18.9 Å². The maximum absolute atomic E-state index is 11.9. The first-order valence-electron chi connectivity index (χ1n) is 6.59. The molecule has 0 aliphatic heterocycles. The third-order valence-corrected chi connectivity index (χ3v) is 3.14. The minimum atomic E-state index is -1.63. The lowest BCUT2D eigenvalue weighted by molar-refractivity contribution is -0.174. The van der Waals surface area contributed by atoms with E-state index in [9.17, 15) is 14.7 Å². The molecule has 0 bridgehead atoms. The van der Waals surface area contributed by atoms with Gasteiger partial charge >= 0.3 is 11.9 Å². The van der Waals surface area contributed by atoms with Gasteiger partial charge in [-0.25, -0.2) is 0 Å². The molecule has 0 spiro atoms. The molecule has 0 aromatic heterocycles. The lowest BCUT2D eigenvalue weighted by Crippen LogP contribution is -2.44. The second-order valence-corrected chi connectivity index (χ2v) is 4.44. The molecule has 5 nitrogen and oxygen atoms in total. The van der Waals surface area contributed by atoms with Gasteiger partial charge in [-0.15, -0.1) is 0 Å². The number of esters is 1. The third-order valence-electron chi connectivity index (χ3n) is 3.14. The van der Waals surface area contributed by atoms with E-state index in [0.29, 0.717) is 0 Å². The van der Waals surface area contributed by atoms with Crippen LogP contribution >= 0.6 is 0 Å². The van der Waals surface area contributed by atoms with Crippen molar-refractivity contribution in [3.8, 4) is 0 Å². The summed E-state index contributed by atoms with van der Waals surface area (Å²) in [6.07, 6.45) is 0.121. The summed E-state index contributed by atoms with van der Waals surface area (Å²) in [6.45, 7) is 3.48. The summed E-state index contributed by atoms with van der Waals surface area (Å²) >= 11 is 0. The van der Waals surface area contributed by atoms with E-state index >= 15 is 0 Å². The zero-order valence-corrected chi connectivity index (χ0v) is 11.8. The minimum Gasteiger partial charge on any atom is -0.480 e. The fourth-order valence-electron chi connectivity index (χ4n) is 1.79. The average molecular weight is 280 g/mol. The Morgan fingerprint density at radius 2 is 1.85 bits per heavy atom. The molecule has 1 aromatic carbocycles. The molecule has 1 rings (SSSR count). The summed E-state index contributed by atoms with van der Waals surface area (Å²) in [5.41, 5.74) is -0.711. The highest BCUT2D eigenvalue weighted by atomic mass is 16.5. The van der Waals surface area contributed by atoms with Crippen LogP contribution in [0, 0.1) is 5.41 Å². The normalized spacial score (nSPS) is 13.5. The Hall–Kier alpha value is -1.88. The first-order chi connectivity index (χ1) is 9.56. The van der Waals surface area contributed by atoms with E-state index in [4.69, 9.17) is 9.47 Å². The molecule has 5 heteroatoms. The summed E-state index contributed by atoms with van der Waals surface area (Å²) in [6, 6.07) is 9.37. The van der Waals surface area contributed by atoms with Gasteiger partial charge in [0.2, 0.25) is 0 Å². The van der Waals surface area contributed by atoms with Crippen LogP contribution in [0.1, 0.15) is 25.8 Å². The Balaban J connectivity index is 2.70. The fourth-order valence-corrected chi connectivity index (χ4v) is 1.79. The van der Waals surface area contributed by atoms with Crippen LogP contribution in [-0.2, 0) is 25.7 Å². The largest absolute Gasteiger partial charge is 0.480 e. The highest BCUT2D eigenvalue weighted by Crippen LogP contribution is 2.25. The van der Waals surface area contributed by atoms with Crippen molar-refractivity contribution in [1.82, 2.24) is 0 Å². The van der Waals surface area contributed by atoms with Crippen LogP contribution in [-0.4, -0.2) is 30.3 Å². The van der Waals surface area contributed by atoms with Crippen molar-refractivity contribution < 1.29 is 24.2 Å².